The third kappa shape index (κ3) is 2.73. The van der Waals surface area contributed by atoms with E-state index in [0.29, 0.717) is 5.92 Å². The minimum Gasteiger partial charge on any atom is -0.337 e. The summed E-state index contributed by atoms with van der Waals surface area (Å²) in [4.78, 5) is 20.5. The molecule has 0 N–H and O–H groups in total. The maximum atomic E-state index is 12.9. The molecule has 1 aromatic carbocycles. The van der Waals surface area contributed by atoms with Crippen LogP contribution >= 0.6 is 11.3 Å². The molecular formula is C19H21N3OS. The van der Waals surface area contributed by atoms with Crippen molar-refractivity contribution in [3.05, 3.63) is 52.9 Å². The van der Waals surface area contributed by atoms with E-state index in [-0.39, 0.29) is 5.91 Å². The highest BCUT2D eigenvalue weighted by atomic mass is 32.1. The molecule has 4 nitrogen and oxygen atoms in total. The van der Waals surface area contributed by atoms with Crippen LogP contribution in [0.25, 0.3) is 10.1 Å². The van der Waals surface area contributed by atoms with E-state index in [2.05, 4.69) is 27.9 Å². The van der Waals surface area contributed by atoms with Gasteiger partial charge in [0.25, 0.3) is 5.91 Å². The predicted octanol–water partition coefficient (Wildman–Crippen LogP) is 3.96. The van der Waals surface area contributed by atoms with Gasteiger partial charge < -0.3 is 9.47 Å². The third-order valence-electron chi connectivity index (χ3n) is 4.74. The number of aromatic nitrogens is 2. The number of carbonyl (C=O) groups excluding carboxylic acids is 1. The zero-order valence-corrected chi connectivity index (χ0v) is 14.8. The molecule has 4 rings (SSSR count). The fourth-order valence-electron chi connectivity index (χ4n) is 3.63. The molecule has 124 valence electrons. The Hall–Kier alpha value is -2.14. The van der Waals surface area contributed by atoms with Crippen molar-refractivity contribution in [1.82, 2.24) is 14.5 Å². The molecule has 0 unspecified atom stereocenters. The summed E-state index contributed by atoms with van der Waals surface area (Å²) >= 11 is 1.59. The van der Waals surface area contributed by atoms with Crippen molar-refractivity contribution >= 4 is 27.3 Å². The average molecular weight is 339 g/mol. The van der Waals surface area contributed by atoms with E-state index in [9.17, 15) is 4.79 Å². The standard InChI is InChI=1S/C19H21N3OS/c1-13-11-21(2)18(20-13)15-7-5-9-22(12-15)19(23)17-10-14-6-3-4-8-16(14)24-17/h3-4,6,8,10-11,15H,5,7,9,12H2,1-2H3/t15-/m0/s1. The summed E-state index contributed by atoms with van der Waals surface area (Å²) in [7, 11) is 2.04. The lowest BCUT2D eigenvalue weighted by molar-refractivity contribution is 0.0708. The van der Waals surface area contributed by atoms with Gasteiger partial charge in [0.2, 0.25) is 0 Å². The van der Waals surface area contributed by atoms with Crippen LogP contribution in [-0.4, -0.2) is 33.4 Å². The smallest absolute Gasteiger partial charge is 0.263 e. The Balaban J connectivity index is 1.57. The van der Waals surface area contributed by atoms with Gasteiger partial charge in [0.15, 0.2) is 0 Å². The van der Waals surface area contributed by atoms with E-state index in [1.165, 1.54) is 4.70 Å². The zero-order chi connectivity index (χ0) is 16.7. The molecular weight excluding hydrogens is 318 g/mol. The van der Waals surface area contributed by atoms with E-state index < -0.39 is 0 Å². The second kappa shape index (κ2) is 6.06. The van der Waals surface area contributed by atoms with Crippen LogP contribution in [-0.2, 0) is 7.05 Å². The molecule has 0 bridgehead atoms. The van der Waals surface area contributed by atoms with E-state index in [1.54, 1.807) is 11.3 Å². The van der Waals surface area contributed by atoms with Gasteiger partial charge >= 0.3 is 0 Å². The quantitative estimate of drug-likeness (QED) is 0.709. The molecule has 1 aliphatic rings. The van der Waals surface area contributed by atoms with Crippen molar-refractivity contribution in [2.45, 2.75) is 25.7 Å². The summed E-state index contributed by atoms with van der Waals surface area (Å²) in [6.45, 7) is 3.62. The Morgan fingerprint density at radius 1 is 1.33 bits per heavy atom. The summed E-state index contributed by atoms with van der Waals surface area (Å²) in [6.07, 6.45) is 4.19. The first-order chi connectivity index (χ1) is 11.6. The Morgan fingerprint density at radius 2 is 2.17 bits per heavy atom. The van der Waals surface area contributed by atoms with Gasteiger partial charge in [0.05, 0.1) is 10.6 Å². The molecule has 1 amide bonds. The molecule has 2 aromatic heterocycles. The molecule has 5 heteroatoms. The number of aryl methyl sites for hydroxylation is 2. The first-order valence-electron chi connectivity index (χ1n) is 8.39. The molecule has 0 spiro atoms. The molecule has 3 aromatic rings. The number of likely N-dealkylation sites (tertiary alicyclic amines) is 1. The lowest BCUT2D eigenvalue weighted by Crippen LogP contribution is -2.39. The van der Waals surface area contributed by atoms with Crippen molar-refractivity contribution in [1.29, 1.82) is 0 Å². The van der Waals surface area contributed by atoms with E-state index >= 15 is 0 Å². The Morgan fingerprint density at radius 3 is 2.92 bits per heavy atom. The van der Waals surface area contributed by atoms with Gasteiger partial charge in [-0.3, -0.25) is 4.79 Å². The number of piperidine rings is 1. The third-order valence-corrected chi connectivity index (χ3v) is 5.85. The normalized spacial score (nSPS) is 18.2. The van der Waals surface area contributed by atoms with Crippen molar-refractivity contribution in [3.8, 4) is 0 Å². The molecule has 24 heavy (non-hydrogen) atoms. The van der Waals surface area contributed by atoms with Gasteiger partial charge in [-0.2, -0.15) is 0 Å². The highest BCUT2D eigenvalue weighted by Gasteiger charge is 2.28. The second-order valence-electron chi connectivity index (χ2n) is 6.59. The number of amides is 1. The highest BCUT2D eigenvalue weighted by Crippen LogP contribution is 2.30. The number of hydrogen-bond acceptors (Lipinski definition) is 3. The number of fused-ring (bicyclic) bond motifs is 1. The van der Waals surface area contributed by atoms with Crippen LogP contribution in [0.15, 0.2) is 36.5 Å². The number of benzene rings is 1. The largest absolute Gasteiger partial charge is 0.337 e. The van der Waals surface area contributed by atoms with Gasteiger partial charge in [-0.25, -0.2) is 4.98 Å². The topological polar surface area (TPSA) is 38.1 Å². The van der Waals surface area contributed by atoms with Crippen LogP contribution in [0.4, 0.5) is 0 Å². The van der Waals surface area contributed by atoms with E-state index in [0.717, 1.165) is 47.7 Å². The maximum absolute atomic E-state index is 12.9. The number of thiophene rings is 1. The minimum absolute atomic E-state index is 0.159. The molecule has 1 aliphatic heterocycles. The molecule has 0 saturated carbocycles. The van der Waals surface area contributed by atoms with Crippen molar-refractivity contribution in [2.75, 3.05) is 13.1 Å². The summed E-state index contributed by atoms with van der Waals surface area (Å²) < 4.78 is 3.28. The van der Waals surface area contributed by atoms with Gasteiger partial charge in [-0.05, 0) is 37.3 Å². The minimum atomic E-state index is 0.159. The number of rotatable bonds is 2. The van der Waals surface area contributed by atoms with Gasteiger partial charge in [-0.15, -0.1) is 11.3 Å². The lowest BCUT2D eigenvalue weighted by atomic mass is 9.97. The van der Waals surface area contributed by atoms with Gasteiger partial charge in [-0.1, -0.05) is 18.2 Å². The number of nitrogens with zero attached hydrogens (tertiary/aromatic N) is 3. The number of imidazole rings is 1. The van der Waals surface area contributed by atoms with Crippen LogP contribution in [0.1, 0.15) is 39.9 Å². The highest BCUT2D eigenvalue weighted by molar-refractivity contribution is 7.20. The summed E-state index contributed by atoms with van der Waals surface area (Å²) in [5.41, 5.74) is 1.04. The van der Waals surface area contributed by atoms with E-state index in [4.69, 9.17) is 0 Å². The second-order valence-corrected chi connectivity index (χ2v) is 7.67. The summed E-state index contributed by atoms with van der Waals surface area (Å²) in [5.74, 6) is 1.59. The van der Waals surface area contributed by atoms with Crippen LogP contribution in [0.2, 0.25) is 0 Å². The predicted molar refractivity (Wildman–Crippen MR) is 97.6 cm³/mol. The summed E-state index contributed by atoms with van der Waals surface area (Å²) in [5, 5.41) is 1.15. The van der Waals surface area contributed by atoms with Crippen LogP contribution < -0.4 is 0 Å². The summed E-state index contributed by atoms with van der Waals surface area (Å²) in [6, 6.07) is 10.2. The molecule has 1 atom stereocenters. The van der Waals surface area contributed by atoms with Crippen molar-refractivity contribution in [2.24, 2.45) is 7.05 Å². The average Bonchev–Trinajstić information content (AvgIpc) is 3.17. The Labute approximate surface area is 145 Å². The Bertz CT molecular complexity index is 862. The molecule has 1 saturated heterocycles. The monoisotopic (exact) mass is 339 g/mol. The van der Waals surface area contributed by atoms with Crippen LogP contribution in [0.5, 0.6) is 0 Å². The number of hydrogen-bond donors (Lipinski definition) is 0. The molecule has 0 radical (unpaired) electrons. The first kappa shape index (κ1) is 15.4. The van der Waals surface area contributed by atoms with Crippen LogP contribution in [0.3, 0.4) is 0 Å². The SMILES string of the molecule is Cc1cn(C)c([C@H]2CCCN(C(=O)c3cc4ccccc4s3)C2)n1. The lowest BCUT2D eigenvalue weighted by Gasteiger charge is -2.32. The van der Waals surface area contributed by atoms with Gasteiger partial charge in [0, 0.05) is 37.0 Å². The molecule has 0 aliphatic carbocycles. The van der Waals surface area contributed by atoms with Gasteiger partial charge in [0.1, 0.15) is 5.82 Å². The van der Waals surface area contributed by atoms with Crippen LogP contribution in [0, 0.1) is 6.92 Å². The fraction of sp³-hybridized carbons (Fsp3) is 0.368. The maximum Gasteiger partial charge on any atom is 0.263 e. The number of carbonyl (C=O) groups is 1. The zero-order valence-electron chi connectivity index (χ0n) is 14.0. The molecule has 1 fully saturated rings. The first-order valence-corrected chi connectivity index (χ1v) is 9.21. The fourth-order valence-corrected chi connectivity index (χ4v) is 4.66. The van der Waals surface area contributed by atoms with Crippen molar-refractivity contribution in [3.63, 3.8) is 0 Å². The Kier molecular flexibility index (Phi) is 3.88. The van der Waals surface area contributed by atoms with E-state index in [1.807, 2.05) is 37.1 Å². The van der Waals surface area contributed by atoms with Crippen molar-refractivity contribution < 1.29 is 4.79 Å². The molecule has 3 heterocycles.